The van der Waals surface area contributed by atoms with E-state index in [4.69, 9.17) is 19.2 Å². The molecule has 0 spiro atoms. The van der Waals surface area contributed by atoms with Gasteiger partial charge in [0.05, 0.1) is 31.4 Å². The first-order valence-corrected chi connectivity index (χ1v) is 13.8. The molecule has 0 bridgehead atoms. The van der Waals surface area contributed by atoms with Gasteiger partial charge in [0.15, 0.2) is 0 Å². The lowest BCUT2D eigenvalue weighted by atomic mass is 10.1. The highest BCUT2D eigenvalue weighted by Gasteiger charge is 2.38. The molecule has 1 saturated heterocycles. The molecule has 1 atom stereocenters. The van der Waals surface area contributed by atoms with Crippen LogP contribution in [0.15, 0.2) is 70.7 Å². The zero-order valence-corrected chi connectivity index (χ0v) is 24.1. The van der Waals surface area contributed by atoms with Crippen LogP contribution in [0.1, 0.15) is 17.5 Å². The molecule has 1 heterocycles. The van der Waals surface area contributed by atoms with Crippen molar-refractivity contribution in [2.75, 3.05) is 27.8 Å². The fourth-order valence-electron chi connectivity index (χ4n) is 3.80. The zero-order valence-electron chi connectivity index (χ0n) is 23.3. The molecule has 1 aliphatic heterocycles. The lowest BCUT2D eigenvalue weighted by Gasteiger charge is -2.16. The minimum atomic E-state index is -5.08. The number of carboxylic acids is 1. The fraction of sp³-hybridized carbons (Fsp3) is 0.296. The van der Waals surface area contributed by atoms with E-state index >= 15 is 0 Å². The largest absolute Gasteiger partial charge is 0.497 e. The van der Waals surface area contributed by atoms with Crippen molar-refractivity contribution < 1.29 is 50.4 Å². The van der Waals surface area contributed by atoms with Gasteiger partial charge in [-0.1, -0.05) is 30.3 Å². The van der Waals surface area contributed by atoms with E-state index < -0.39 is 22.3 Å². The third-order valence-electron chi connectivity index (χ3n) is 5.89. The molecule has 1 amide bonds. The van der Waals surface area contributed by atoms with Crippen molar-refractivity contribution in [3.63, 3.8) is 0 Å². The van der Waals surface area contributed by atoms with Gasteiger partial charge in [-0.2, -0.15) is 32.3 Å². The van der Waals surface area contributed by atoms with Crippen LogP contribution in [0.2, 0.25) is 0 Å². The Morgan fingerprint density at radius 1 is 1.12 bits per heavy atom. The van der Waals surface area contributed by atoms with E-state index in [0.29, 0.717) is 12.3 Å². The fourth-order valence-corrected chi connectivity index (χ4v) is 4.31. The van der Waals surface area contributed by atoms with E-state index in [1.807, 2.05) is 36.2 Å². The molecule has 3 aromatic rings. The van der Waals surface area contributed by atoms with E-state index in [1.165, 1.54) is 19.2 Å². The number of amides is 1. The Morgan fingerprint density at radius 2 is 1.77 bits per heavy atom. The average Bonchev–Trinajstić information content (AvgIpc) is 3.31. The molecular formula is C27H31F3N4O8S. The number of rotatable bonds is 8. The van der Waals surface area contributed by atoms with Gasteiger partial charge >= 0.3 is 12.1 Å². The molecular weight excluding hydrogens is 597 g/mol. The number of hydrogen-bond donors (Lipinski definition) is 4. The highest BCUT2D eigenvalue weighted by atomic mass is 32.2. The van der Waals surface area contributed by atoms with Gasteiger partial charge in [0.25, 0.3) is 10.1 Å². The first kappa shape index (κ1) is 34.9. The van der Waals surface area contributed by atoms with Gasteiger partial charge in [-0.05, 0) is 65.7 Å². The summed E-state index contributed by atoms with van der Waals surface area (Å²) in [6.45, 7) is 1.43. The molecule has 0 unspecified atom stereocenters. The van der Waals surface area contributed by atoms with Crippen LogP contribution >= 0.6 is 0 Å². The highest BCUT2D eigenvalue weighted by Crippen LogP contribution is 2.23. The number of benzene rings is 3. The van der Waals surface area contributed by atoms with Crippen molar-refractivity contribution in [2.24, 2.45) is 5.10 Å². The summed E-state index contributed by atoms with van der Waals surface area (Å²) in [6.07, 6.45) is -2.54. The molecule has 0 aliphatic carbocycles. The standard InChI is InChI=1S/C14H20N4O2.C11H10O4S.C2HF3O2/c1-15-13-6-7-18(14(13)19)10-12-5-3-4-11(8-12)9-16-17-20-2;1-15-10-4-2-9-7-11(16(12,13)14)5-3-8(9)6-10;3-2(4,5)1(6)7/h3-5,8-9,13,15,17H,6-7,10H2,1-2H3;2-7H,1H3,(H,12,13,14);(H,6,7)/t13-;;/m0../s1. The second-order valence-electron chi connectivity index (χ2n) is 8.84. The summed E-state index contributed by atoms with van der Waals surface area (Å²) in [5.41, 5.74) is 4.46. The van der Waals surface area contributed by atoms with Crippen LogP contribution in [-0.4, -0.2) is 81.1 Å². The number of likely N-dealkylation sites (N-methyl/N-ethyl adjacent to an activating group) is 1. The number of methoxy groups -OCH3 is 1. The molecule has 43 heavy (non-hydrogen) atoms. The van der Waals surface area contributed by atoms with Crippen LogP contribution in [0.3, 0.4) is 0 Å². The smallest absolute Gasteiger partial charge is 0.490 e. The number of nitrogens with one attached hydrogen (secondary N) is 2. The summed E-state index contributed by atoms with van der Waals surface area (Å²) in [7, 11) is 0.752. The van der Waals surface area contributed by atoms with Crippen LogP contribution in [0.5, 0.6) is 5.75 Å². The Balaban J connectivity index is 0.000000251. The maximum absolute atomic E-state index is 12.0. The van der Waals surface area contributed by atoms with Gasteiger partial charge in [-0.3, -0.25) is 14.2 Å². The zero-order chi connectivity index (χ0) is 32.2. The van der Waals surface area contributed by atoms with E-state index in [2.05, 4.69) is 20.8 Å². The molecule has 12 nitrogen and oxygen atoms in total. The Labute approximate surface area is 245 Å². The van der Waals surface area contributed by atoms with Gasteiger partial charge in [0.2, 0.25) is 5.91 Å². The highest BCUT2D eigenvalue weighted by molar-refractivity contribution is 7.85. The Hall–Kier alpha value is -4.25. The van der Waals surface area contributed by atoms with Crippen molar-refractivity contribution in [1.29, 1.82) is 0 Å². The van der Waals surface area contributed by atoms with Gasteiger partial charge in [0.1, 0.15) is 5.75 Å². The number of halogens is 3. The van der Waals surface area contributed by atoms with Crippen molar-refractivity contribution in [3.05, 3.63) is 71.8 Å². The molecule has 0 aromatic heterocycles. The molecule has 0 saturated carbocycles. The van der Waals surface area contributed by atoms with Crippen LogP contribution in [0.25, 0.3) is 10.8 Å². The summed E-state index contributed by atoms with van der Waals surface area (Å²) in [5, 5.41) is 15.6. The Bertz CT molecular complexity index is 1530. The number of hydrazone groups is 1. The van der Waals surface area contributed by atoms with E-state index in [0.717, 1.165) is 34.9 Å². The molecule has 4 rings (SSSR count). The summed E-state index contributed by atoms with van der Waals surface area (Å²) in [5.74, 6) is -1.88. The van der Waals surface area contributed by atoms with Gasteiger partial charge in [-0.15, -0.1) is 0 Å². The number of alkyl halides is 3. The number of likely N-dealkylation sites (tertiary alicyclic amines) is 1. The third kappa shape index (κ3) is 11.2. The number of carbonyl (C=O) groups excluding carboxylic acids is 1. The van der Waals surface area contributed by atoms with Gasteiger partial charge in [-0.25, -0.2) is 4.79 Å². The summed E-state index contributed by atoms with van der Waals surface area (Å²) < 4.78 is 67.5. The minimum absolute atomic E-state index is 0.0364. The van der Waals surface area contributed by atoms with Crippen molar-refractivity contribution >= 4 is 39.0 Å². The van der Waals surface area contributed by atoms with Crippen LogP contribution in [0.4, 0.5) is 13.2 Å². The maximum Gasteiger partial charge on any atom is 0.490 e. The van der Waals surface area contributed by atoms with Crippen LogP contribution < -0.4 is 15.6 Å². The molecule has 3 aromatic carbocycles. The number of aliphatic carboxylic acids is 1. The summed E-state index contributed by atoms with van der Waals surface area (Å²) in [6, 6.07) is 17.6. The topological polar surface area (TPSA) is 167 Å². The summed E-state index contributed by atoms with van der Waals surface area (Å²) >= 11 is 0. The van der Waals surface area contributed by atoms with E-state index in [9.17, 15) is 26.4 Å². The van der Waals surface area contributed by atoms with Gasteiger partial charge in [0, 0.05) is 13.1 Å². The number of hydrogen-bond acceptors (Lipinski definition) is 9. The van der Waals surface area contributed by atoms with E-state index in [-0.39, 0.29) is 16.8 Å². The second kappa shape index (κ2) is 15.8. The predicted octanol–water partition coefficient (Wildman–Crippen LogP) is 3.22. The average molecular weight is 629 g/mol. The van der Waals surface area contributed by atoms with Crippen molar-refractivity contribution in [3.8, 4) is 5.75 Å². The van der Waals surface area contributed by atoms with Gasteiger partial charge < -0.3 is 20.1 Å². The van der Waals surface area contributed by atoms with Crippen molar-refractivity contribution in [1.82, 2.24) is 15.8 Å². The predicted molar refractivity (Wildman–Crippen MR) is 151 cm³/mol. The Morgan fingerprint density at radius 3 is 2.33 bits per heavy atom. The first-order chi connectivity index (χ1) is 20.2. The minimum Gasteiger partial charge on any atom is -0.497 e. The monoisotopic (exact) mass is 628 g/mol. The molecule has 1 fully saturated rings. The lowest BCUT2D eigenvalue weighted by molar-refractivity contribution is -0.192. The second-order valence-corrected chi connectivity index (χ2v) is 10.3. The molecule has 4 N–H and O–H groups in total. The number of nitrogens with zero attached hydrogens (tertiary/aromatic N) is 2. The lowest BCUT2D eigenvalue weighted by Crippen LogP contribution is -2.35. The molecule has 16 heteroatoms. The number of ether oxygens (including phenoxy) is 1. The first-order valence-electron chi connectivity index (χ1n) is 12.4. The molecule has 1 aliphatic rings. The van der Waals surface area contributed by atoms with Crippen LogP contribution in [-0.2, 0) is 31.1 Å². The maximum atomic E-state index is 12.0. The molecule has 0 radical (unpaired) electrons. The Kier molecular flexibility index (Phi) is 12.9. The SMILES string of the molecule is CN[C@H]1CCN(Cc2cccc(C=NNOC)c2)C1=O.COc1ccc2cc(S(=O)(=O)O)ccc2c1.O=C(O)C(F)(F)F. The third-order valence-corrected chi connectivity index (χ3v) is 6.74. The number of fused-ring (bicyclic) bond motifs is 1. The summed E-state index contributed by atoms with van der Waals surface area (Å²) in [4.78, 5) is 27.3. The van der Waals surface area contributed by atoms with Crippen LogP contribution in [0, 0.1) is 0 Å². The van der Waals surface area contributed by atoms with Crippen molar-refractivity contribution in [2.45, 2.75) is 30.1 Å². The molecule has 234 valence electrons. The quantitative estimate of drug-likeness (QED) is 0.165. The number of carbonyl (C=O) groups is 2. The van der Waals surface area contributed by atoms with E-state index in [1.54, 1.807) is 37.6 Å². The normalized spacial score (nSPS) is 15.0. The number of carboxylic acid groups (broad SMARTS) is 1.